The van der Waals surface area contributed by atoms with E-state index in [0.29, 0.717) is 6.61 Å². The maximum atomic E-state index is 5.83. The number of nitrogens with zero attached hydrogens (tertiary/aromatic N) is 2. The number of anilines is 1. The molecular formula is C16H23N3OS. The molecule has 0 saturated carbocycles. The minimum absolute atomic E-state index is 0.457. The lowest BCUT2D eigenvalue weighted by molar-refractivity contribution is -0.0204. The molecule has 0 aliphatic heterocycles. The highest BCUT2D eigenvalue weighted by molar-refractivity contribution is 7.19. The van der Waals surface area contributed by atoms with Gasteiger partial charge in [0.15, 0.2) is 5.82 Å². The largest absolute Gasteiger partial charge is 0.370 e. The number of aromatic nitrogens is 2. The zero-order chi connectivity index (χ0) is 15.0. The first-order valence-corrected chi connectivity index (χ1v) is 8.59. The maximum Gasteiger partial charge on any atom is 0.163 e. The van der Waals surface area contributed by atoms with Crippen molar-refractivity contribution >= 4 is 27.4 Å². The van der Waals surface area contributed by atoms with Crippen LogP contribution in [0.1, 0.15) is 50.4 Å². The second-order valence-corrected chi connectivity index (χ2v) is 6.99. The molecule has 0 bridgehead atoms. The van der Waals surface area contributed by atoms with Crippen molar-refractivity contribution in [2.75, 3.05) is 18.5 Å². The van der Waals surface area contributed by atoms with E-state index in [4.69, 9.17) is 14.7 Å². The van der Waals surface area contributed by atoms with Crippen LogP contribution in [-0.2, 0) is 23.2 Å². The molecule has 2 aromatic rings. The third-order valence-electron chi connectivity index (χ3n) is 3.95. The molecule has 2 aromatic heterocycles. The Kier molecular flexibility index (Phi) is 3.88. The zero-order valence-electron chi connectivity index (χ0n) is 13.2. The van der Waals surface area contributed by atoms with Gasteiger partial charge in [-0.15, -0.1) is 11.3 Å². The lowest BCUT2D eigenvalue weighted by atomic mass is 10.1. The second-order valence-electron chi connectivity index (χ2n) is 5.91. The van der Waals surface area contributed by atoms with Gasteiger partial charge < -0.3 is 10.1 Å². The number of fused-ring (bicyclic) bond motifs is 3. The van der Waals surface area contributed by atoms with Crippen molar-refractivity contribution in [3.8, 4) is 0 Å². The molecule has 0 amide bonds. The molecule has 21 heavy (non-hydrogen) atoms. The van der Waals surface area contributed by atoms with E-state index in [1.165, 1.54) is 28.7 Å². The standard InChI is InChI=1S/C16H23N3OS/c1-5-17-13-12-10-8-7-9-11(10)21-14(12)19-15(18-13)16(3,4)20-6-2/h5-9H2,1-4H3,(H,17,18,19). The monoisotopic (exact) mass is 305 g/mol. The third-order valence-corrected chi connectivity index (χ3v) is 5.14. The van der Waals surface area contributed by atoms with Crippen LogP contribution in [0.3, 0.4) is 0 Å². The van der Waals surface area contributed by atoms with Crippen molar-refractivity contribution in [3.63, 3.8) is 0 Å². The molecule has 1 aliphatic carbocycles. The summed E-state index contributed by atoms with van der Waals surface area (Å²) >= 11 is 1.83. The van der Waals surface area contributed by atoms with Gasteiger partial charge in [0.25, 0.3) is 0 Å². The van der Waals surface area contributed by atoms with E-state index in [1.807, 2.05) is 32.1 Å². The van der Waals surface area contributed by atoms with Gasteiger partial charge in [-0.3, -0.25) is 0 Å². The molecule has 0 saturated heterocycles. The van der Waals surface area contributed by atoms with E-state index in [-0.39, 0.29) is 0 Å². The van der Waals surface area contributed by atoms with Crippen LogP contribution in [0.15, 0.2) is 0 Å². The van der Waals surface area contributed by atoms with Gasteiger partial charge in [0.1, 0.15) is 16.2 Å². The van der Waals surface area contributed by atoms with E-state index < -0.39 is 5.60 Å². The van der Waals surface area contributed by atoms with E-state index in [2.05, 4.69) is 12.2 Å². The Morgan fingerprint density at radius 3 is 2.76 bits per heavy atom. The molecule has 0 atom stereocenters. The fourth-order valence-electron chi connectivity index (χ4n) is 2.99. The Labute approximate surface area is 129 Å². The Bertz CT molecular complexity index is 663. The fraction of sp³-hybridized carbons (Fsp3) is 0.625. The predicted octanol–water partition coefficient (Wildman–Crippen LogP) is 3.88. The van der Waals surface area contributed by atoms with E-state index in [9.17, 15) is 0 Å². The summed E-state index contributed by atoms with van der Waals surface area (Å²) in [6.07, 6.45) is 3.60. The second kappa shape index (κ2) is 5.54. The molecule has 0 unspecified atom stereocenters. The molecule has 5 heteroatoms. The Morgan fingerprint density at radius 2 is 2.05 bits per heavy atom. The molecule has 0 fully saturated rings. The van der Waals surface area contributed by atoms with Crippen LogP contribution in [0.5, 0.6) is 0 Å². The summed E-state index contributed by atoms with van der Waals surface area (Å²) in [6.45, 7) is 9.71. The summed E-state index contributed by atoms with van der Waals surface area (Å²) in [6, 6.07) is 0. The number of ether oxygens (including phenoxy) is 1. The highest BCUT2D eigenvalue weighted by Gasteiger charge is 2.28. The van der Waals surface area contributed by atoms with Crippen LogP contribution in [-0.4, -0.2) is 23.1 Å². The minimum Gasteiger partial charge on any atom is -0.370 e. The Morgan fingerprint density at radius 1 is 1.24 bits per heavy atom. The number of hydrogen-bond donors (Lipinski definition) is 1. The molecule has 3 rings (SSSR count). The lowest BCUT2D eigenvalue weighted by Crippen LogP contribution is -2.25. The fourth-order valence-corrected chi connectivity index (χ4v) is 4.25. The number of rotatable bonds is 5. The Balaban J connectivity index is 2.17. The van der Waals surface area contributed by atoms with Gasteiger partial charge in [-0.1, -0.05) is 0 Å². The average molecular weight is 305 g/mol. The first-order valence-electron chi connectivity index (χ1n) is 7.77. The lowest BCUT2D eigenvalue weighted by Gasteiger charge is -2.23. The van der Waals surface area contributed by atoms with Gasteiger partial charge in [-0.25, -0.2) is 9.97 Å². The molecule has 1 N–H and O–H groups in total. The van der Waals surface area contributed by atoms with Crippen LogP contribution in [0, 0.1) is 0 Å². The van der Waals surface area contributed by atoms with Crippen molar-refractivity contribution in [3.05, 3.63) is 16.3 Å². The van der Waals surface area contributed by atoms with Crippen molar-refractivity contribution in [2.24, 2.45) is 0 Å². The topological polar surface area (TPSA) is 47.0 Å². The van der Waals surface area contributed by atoms with Gasteiger partial charge in [0.2, 0.25) is 0 Å². The molecule has 0 aromatic carbocycles. The summed E-state index contributed by atoms with van der Waals surface area (Å²) in [5.74, 6) is 1.75. The number of aryl methyl sites for hydroxylation is 2. The summed E-state index contributed by atoms with van der Waals surface area (Å²) in [7, 11) is 0. The summed E-state index contributed by atoms with van der Waals surface area (Å²) in [5.41, 5.74) is 1.01. The van der Waals surface area contributed by atoms with Crippen molar-refractivity contribution < 1.29 is 4.74 Å². The highest BCUT2D eigenvalue weighted by atomic mass is 32.1. The van der Waals surface area contributed by atoms with Gasteiger partial charge in [0.05, 0.1) is 5.39 Å². The maximum absolute atomic E-state index is 5.83. The number of hydrogen-bond acceptors (Lipinski definition) is 5. The van der Waals surface area contributed by atoms with Gasteiger partial charge in [-0.05, 0) is 52.5 Å². The minimum atomic E-state index is -0.457. The quantitative estimate of drug-likeness (QED) is 0.910. The van der Waals surface area contributed by atoms with Crippen molar-refractivity contribution in [1.29, 1.82) is 0 Å². The summed E-state index contributed by atoms with van der Waals surface area (Å²) in [4.78, 5) is 12.2. The molecule has 1 aliphatic rings. The van der Waals surface area contributed by atoms with Crippen molar-refractivity contribution in [1.82, 2.24) is 9.97 Å². The van der Waals surface area contributed by atoms with Crippen LogP contribution in [0.2, 0.25) is 0 Å². The normalized spacial score (nSPS) is 14.7. The Hall–Kier alpha value is -1.20. The smallest absolute Gasteiger partial charge is 0.163 e. The van der Waals surface area contributed by atoms with Crippen LogP contribution >= 0.6 is 11.3 Å². The number of thiophene rings is 1. The first kappa shape index (κ1) is 14.7. The molecule has 0 radical (unpaired) electrons. The molecule has 114 valence electrons. The SMILES string of the molecule is CCNc1nc(C(C)(C)OCC)nc2sc3c(c12)CCC3. The molecular weight excluding hydrogens is 282 g/mol. The number of nitrogens with one attached hydrogen (secondary N) is 1. The van der Waals surface area contributed by atoms with Crippen LogP contribution < -0.4 is 5.32 Å². The summed E-state index contributed by atoms with van der Waals surface area (Å²) in [5, 5.41) is 4.66. The predicted molar refractivity (Wildman–Crippen MR) is 88.3 cm³/mol. The van der Waals surface area contributed by atoms with Crippen molar-refractivity contribution in [2.45, 2.75) is 52.6 Å². The van der Waals surface area contributed by atoms with Gasteiger partial charge in [0, 0.05) is 18.0 Å². The summed E-state index contributed by atoms with van der Waals surface area (Å²) < 4.78 is 5.83. The third kappa shape index (κ3) is 2.53. The first-order chi connectivity index (χ1) is 10.1. The van der Waals surface area contributed by atoms with Gasteiger partial charge >= 0.3 is 0 Å². The van der Waals surface area contributed by atoms with Crippen LogP contribution in [0.4, 0.5) is 5.82 Å². The van der Waals surface area contributed by atoms with Crippen LogP contribution in [0.25, 0.3) is 10.2 Å². The van der Waals surface area contributed by atoms with Gasteiger partial charge in [-0.2, -0.15) is 0 Å². The average Bonchev–Trinajstić information content (AvgIpc) is 2.98. The van der Waals surface area contributed by atoms with E-state index in [1.54, 1.807) is 0 Å². The van der Waals surface area contributed by atoms with E-state index >= 15 is 0 Å². The molecule has 2 heterocycles. The van der Waals surface area contributed by atoms with E-state index in [0.717, 1.165) is 29.4 Å². The molecule has 0 spiro atoms. The highest BCUT2D eigenvalue weighted by Crippen LogP contribution is 2.40. The zero-order valence-corrected chi connectivity index (χ0v) is 14.1. The molecule has 4 nitrogen and oxygen atoms in total.